The largest absolute Gasteiger partial charge is 0.480 e. The number of benzene rings is 2. The predicted octanol–water partition coefficient (Wildman–Crippen LogP) is 4.26. The predicted molar refractivity (Wildman–Crippen MR) is 128 cm³/mol. The lowest BCUT2D eigenvalue weighted by molar-refractivity contribution is -0.151. The topological polar surface area (TPSA) is 95.9 Å². The van der Waals surface area contributed by atoms with Crippen LogP contribution in [0.4, 0.5) is 4.79 Å². The molecule has 1 saturated carbocycles. The molecule has 7 nitrogen and oxygen atoms in total. The molecule has 2 aromatic rings. The van der Waals surface area contributed by atoms with E-state index in [2.05, 4.69) is 29.6 Å². The lowest BCUT2D eigenvalue weighted by atomic mass is 9.78. The van der Waals surface area contributed by atoms with Gasteiger partial charge in [-0.05, 0) is 47.9 Å². The second-order valence-corrected chi connectivity index (χ2v) is 9.32. The first-order chi connectivity index (χ1) is 16.4. The van der Waals surface area contributed by atoms with E-state index in [0.717, 1.165) is 30.4 Å². The van der Waals surface area contributed by atoms with E-state index >= 15 is 0 Å². The van der Waals surface area contributed by atoms with Crippen LogP contribution in [0.15, 0.2) is 48.5 Å². The maximum atomic E-state index is 13.0. The third kappa shape index (κ3) is 4.79. The van der Waals surface area contributed by atoms with Crippen LogP contribution in [0.5, 0.6) is 0 Å². The summed E-state index contributed by atoms with van der Waals surface area (Å²) in [5, 5.41) is 12.1. The molecule has 0 radical (unpaired) electrons. The molecule has 3 atom stereocenters. The number of amides is 2. The molecule has 2 aromatic carbocycles. The molecule has 2 N–H and O–H groups in total. The van der Waals surface area contributed by atoms with Gasteiger partial charge in [-0.3, -0.25) is 4.79 Å². The Morgan fingerprint density at radius 2 is 1.62 bits per heavy atom. The highest BCUT2D eigenvalue weighted by molar-refractivity contribution is 5.85. The minimum atomic E-state index is -1.03. The smallest absolute Gasteiger partial charge is 0.407 e. The number of hydrogen-bond donors (Lipinski definition) is 2. The third-order valence-corrected chi connectivity index (χ3v) is 7.36. The summed E-state index contributed by atoms with van der Waals surface area (Å²) < 4.78 is 5.62. The number of rotatable bonds is 7. The molecular formula is C27H32N2O5. The van der Waals surface area contributed by atoms with Gasteiger partial charge in [-0.25, -0.2) is 9.59 Å². The Labute approximate surface area is 200 Å². The molecule has 0 heterocycles. The normalized spacial score (nSPS) is 20.1. The van der Waals surface area contributed by atoms with Crippen LogP contribution in [-0.2, 0) is 14.3 Å². The Kier molecular flexibility index (Phi) is 7.20. The molecule has 2 aliphatic carbocycles. The molecule has 1 unspecified atom stereocenters. The van der Waals surface area contributed by atoms with Crippen LogP contribution in [0, 0.1) is 11.8 Å². The summed E-state index contributed by atoms with van der Waals surface area (Å²) in [6, 6.07) is 15.5. The van der Waals surface area contributed by atoms with Crippen molar-refractivity contribution < 1.29 is 24.2 Å². The number of carbonyl (C=O) groups is 3. The molecule has 0 saturated heterocycles. The molecule has 4 rings (SSSR count). The van der Waals surface area contributed by atoms with Crippen LogP contribution in [0.1, 0.15) is 49.7 Å². The fourth-order valence-corrected chi connectivity index (χ4v) is 5.26. The summed E-state index contributed by atoms with van der Waals surface area (Å²) >= 11 is 0. The number of alkyl carbamates (subject to hydrolysis) is 1. The van der Waals surface area contributed by atoms with Crippen LogP contribution in [0.3, 0.4) is 0 Å². The standard InChI is InChI=1S/C27H32N2O5/c1-17(26(31)32)29(2)25(30)19-10-4-3-9-18(19)15-28-27(33)34-16-24-22-13-7-5-11-20(22)21-12-6-8-14-23(21)24/h5-8,11-14,17-19,24H,3-4,9-10,15-16H2,1-2H3,(H,28,33)(H,31,32)/t17?,18-,19-/m1/s1. The SMILES string of the molecule is CC(C(=O)O)N(C)C(=O)[C@@H]1CCCC[C@@H]1CNC(=O)OCC1c2ccccc2-c2ccccc21. The third-order valence-electron chi connectivity index (χ3n) is 7.36. The van der Waals surface area contributed by atoms with E-state index in [9.17, 15) is 19.5 Å². The number of aliphatic carboxylic acids is 1. The Morgan fingerprint density at radius 1 is 1.03 bits per heavy atom. The molecule has 0 aliphatic heterocycles. The first kappa shape index (κ1) is 23.8. The summed E-state index contributed by atoms with van der Waals surface area (Å²) in [4.78, 5) is 38.1. The van der Waals surface area contributed by atoms with Crippen molar-refractivity contribution in [1.29, 1.82) is 0 Å². The quantitative estimate of drug-likeness (QED) is 0.638. The van der Waals surface area contributed by atoms with E-state index in [0.29, 0.717) is 13.0 Å². The summed E-state index contributed by atoms with van der Waals surface area (Å²) in [5.41, 5.74) is 4.67. The van der Waals surface area contributed by atoms with Crippen molar-refractivity contribution in [3.05, 3.63) is 59.7 Å². The maximum Gasteiger partial charge on any atom is 0.407 e. The van der Waals surface area contributed by atoms with Gasteiger partial charge in [0, 0.05) is 25.4 Å². The van der Waals surface area contributed by atoms with Gasteiger partial charge in [0.05, 0.1) is 0 Å². The summed E-state index contributed by atoms with van der Waals surface area (Å²) in [7, 11) is 1.53. The number of carboxylic acid groups (broad SMARTS) is 1. The van der Waals surface area contributed by atoms with Crippen LogP contribution in [0.2, 0.25) is 0 Å². The number of fused-ring (bicyclic) bond motifs is 3. The van der Waals surface area contributed by atoms with E-state index in [-0.39, 0.29) is 30.3 Å². The number of nitrogens with one attached hydrogen (secondary N) is 1. The van der Waals surface area contributed by atoms with Crippen molar-refractivity contribution in [1.82, 2.24) is 10.2 Å². The first-order valence-electron chi connectivity index (χ1n) is 12.0. The van der Waals surface area contributed by atoms with Gasteiger partial charge < -0.3 is 20.1 Å². The fourth-order valence-electron chi connectivity index (χ4n) is 5.26. The summed E-state index contributed by atoms with van der Waals surface area (Å²) in [6.07, 6.45) is 2.93. The van der Waals surface area contributed by atoms with Crippen molar-refractivity contribution >= 4 is 18.0 Å². The van der Waals surface area contributed by atoms with Crippen molar-refractivity contribution in [2.75, 3.05) is 20.2 Å². The molecule has 0 spiro atoms. The molecule has 180 valence electrons. The second-order valence-electron chi connectivity index (χ2n) is 9.32. The molecule has 2 amide bonds. The van der Waals surface area contributed by atoms with Gasteiger partial charge in [0.1, 0.15) is 12.6 Å². The van der Waals surface area contributed by atoms with Crippen molar-refractivity contribution in [2.45, 2.75) is 44.6 Å². The monoisotopic (exact) mass is 464 g/mol. The molecule has 1 fully saturated rings. The molecular weight excluding hydrogens is 432 g/mol. The molecule has 34 heavy (non-hydrogen) atoms. The van der Waals surface area contributed by atoms with Crippen molar-refractivity contribution in [2.24, 2.45) is 11.8 Å². The molecule has 0 aromatic heterocycles. The maximum absolute atomic E-state index is 13.0. The average molecular weight is 465 g/mol. The van der Waals surface area contributed by atoms with Gasteiger partial charge in [-0.2, -0.15) is 0 Å². The average Bonchev–Trinajstić information content (AvgIpc) is 3.18. The highest BCUT2D eigenvalue weighted by atomic mass is 16.5. The highest BCUT2D eigenvalue weighted by Gasteiger charge is 2.35. The van der Waals surface area contributed by atoms with Crippen molar-refractivity contribution in [3.8, 4) is 11.1 Å². The summed E-state index contributed by atoms with van der Waals surface area (Å²) in [6.45, 7) is 2.08. The number of ether oxygens (including phenoxy) is 1. The number of carbonyl (C=O) groups excluding carboxylic acids is 2. The van der Waals surface area contributed by atoms with E-state index in [1.165, 1.54) is 30.0 Å². The minimum Gasteiger partial charge on any atom is -0.480 e. The Balaban J connectivity index is 1.35. The number of carboxylic acids is 1. The summed E-state index contributed by atoms with van der Waals surface area (Å²) in [5.74, 6) is -1.54. The zero-order valence-electron chi connectivity index (χ0n) is 19.7. The van der Waals surface area contributed by atoms with Gasteiger partial charge in [-0.15, -0.1) is 0 Å². The zero-order chi connectivity index (χ0) is 24.2. The molecule has 0 bridgehead atoms. The zero-order valence-corrected chi connectivity index (χ0v) is 19.7. The molecule has 7 heteroatoms. The van der Waals surface area contributed by atoms with Gasteiger partial charge >= 0.3 is 12.1 Å². The number of hydrogen-bond acceptors (Lipinski definition) is 4. The van der Waals surface area contributed by atoms with E-state index < -0.39 is 18.1 Å². The molecule has 2 aliphatic rings. The van der Waals surface area contributed by atoms with Crippen LogP contribution < -0.4 is 5.32 Å². The number of nitrogens with zero attached hydrogens (tertiary/aromatic N) is 1. The Morgan fingerprint density at radius 3 is 2.24 bits per heavy atom. The minimum absolute atomic E-state index is 0.00619. The van der Waals surface area contributed by atoms with Crippen LogP contribution in [0.25, 0.3) is 11.1 Å². The number of likely N-dealkylation sites (N-methyl/N-ethyl adjacent to an activating group) is 1. The van der Waals surface area contributed by atoms with Crippen LogP contribution in [-0.4, -0.2) is 54.2 Å². The van der Waals surface area contributed by atoms with Crippen molar-refractivity contribution in [3.63, 3.8) is 0 Å². The lowest BCUT2D eigenvalue weighted by Crippen LogP contribution is -2.47. The fraction of sp³-hybridized carbons (Fsp3) is 0.444. The Hall–Kier alpha value is -3.35. The van der Waals surface area contributed by atoms with Gasteiger partial charge in [0.2, 0.25) is 5.91 Å². The van der Waals surface area contributed by atoms with Gasteiger partial charge in [0.25, 0.3) is 0 Å². The van der Waals surface area contributed by atoms with Gasteiger partial charge in [-0.1, -0.05) is 61.4 Å². The Bertz CT molecular complexity index is 1020. The first-order valence-corrected chi connectivity index (χ1v) is 12.0. The van der Waals surface area contributed by atoms with E-state index in [4.69, 9.17) is 4.74 Å². The van der Waals surface area contributed by atoms with Crippen LogP contribution >= 0.6 is 0 Å². The highest BCUT2D eigenvalue weighted by Crippen LogP contribution is 2.44. The van der Waals surface area contributed by atoms with Gasteiger partial charge in [0.15, 0.2) is 0 Å². The van der Waals surface area contributed by atoms with E-state index in [1.807, 2.05) is 24.3 Å². The van der Waals surface area contributed by atoms with E-state index in [1.54, 1.807) is 0 Å². The lowest BCUT2D eigenvalue weighted by Gasteiger charge is -2.34. The second kappa shape index (κ2) is 10.3.